The fourth-order valence-electron chi connectivity index (χ4n) is 3.42. The number of nitrogens with zero attached hydrogens (tertiary/aromatic N) is 2. The average molecular weight is 277 g/mol. The summed E-state index contributed by atoms with van der Waals surface area (Å²) in [6.45, 7) is 9.95. The largest absolute Gasteiger partial charge is 0.349 e. The molecule has 112 valence electrons. The maximum Gasteiger partial charge on any atom is 0.255 e. The highest BCUT2D eigenvalue weighted by Gasteiger charge is 2.31. The highest BCUT2D eigenvalue weighted by Crippen LogP contribution is 2.24. The van der Waals surface area contributed by atoms with Gasteiger partial charge < -0.3 is 15.2 Å². The second-order valence-corrected chi connectivity index (χ2v) is 5.95. The molecule has 4 nitrogen and oxygen atoms in total. The van der Waals surface area contributed by atoms with Crippen molar-refractivity contribution >= 4 is 5.91 Å². The molecule has 1 aliphatic heterocycles. The molecule has 1 fully saturated rings. The first kappa shape index (κ1) is 15.1. The van der Waals surface area contributed by atoms with E-state index in [1.165, 1.54) is 6.42 Å². The number of carbonyl (C=O) groups is 1. The minimum Gasteiger partial charge on any atom is -0.349 e. The lowest BCUT2D eigenvalue weighted by Crippen LogP contribution is -2.51. The Kier molecular flexibility index (Phi) is 4.53. The van der Waals surface area contributed by atoms with Crippen LogP contribution in [0.1, 0.15) is 54.9 Å². The molecular formula is C16H27N3O. The minimum atomic E-state index is 0.0360. The minimum absolute atomic E-state index is 0.0360. The summed E-state index contributed by atoms with van der Waals surface area (Å²) < 4.78 is 2.19. The van der Waals surface area contributed by atoms with Gasteiger partial charge >= 0.3 is 0 Å². The van der Waals surface area contributed by atoms with E-state index >= 15 is 0 Å². The molecule has 0 spiro atoms. The Balaban J connectivity index is 2.30. The second kappa shape index (κ2) is 6.00. The number of aromatic nitrogens is 1. The fraction of sp³-hybridized carbons (Fsp3) is 0.688. The summed E-state index contributed by atoms with van der Waals surface area (Å²) in [5.74, 6) is 0.153. The van der Waals surface area contributed by atoms with E-state index in [-0.39, 0.29) is 18.0 Å². The van der Waals surface area contributed by atoms with Crippen LogP contribution in [0.2, 0.25) is 0 Å². The molecule has 2 unspecified atom stereocenters. The first-order valence-electron chi connectivity index (χ1n) is 7.70. The molecule has 2 rings (SSSR count). The van der Waals surface area contributed by atoms with Crippen LogP contribution in [0.4, 0.5) is 0 Å². The van der Waals surface area contributed by atoms with Gasteiger partial charge in [0.05, 0.1) is 5.56 Å². The molecule has 0 aliphatic carbocycles. The summed E-state index contributed by atoms with van der Waals surface area (Å²) >= 11 is 0. The van der Waals surface area contributed by atoms with E-state index in [0.717, 1.165) is 42.9 Å². The monoisotopic (exact) mass is 277 g/mol. The van der Waals surface area contributed by atoms with E-state index in [2.05, 4.69) is 18.4 Å². The molecule has 1 aromatic rings. The molecule has 2 N–H and O–H groups in total. The van der Waals surface area contributed by atoms with Crippen molar-refractivity contribution in [2.75, 3.05) is 6.54 Å². The average Bonchev–Trinajstić information content (AvgIpc) is 2.72. The van der Waals surface area contributed by atoms with Gasteiger partial charge in [0.2, 0.25) is 0 Å². The summed E-state index contributed by atoms with van der Waals surface area (Å²) in [6.07, 6.45) is 3.28. The van der Waals surface area contributed by atoms with Gasteiger partial charge in [-0.2, -0.15) is 0 Å². The van der Waals surface area contributed by atoms with E-state index in [1.807, 2.05) is 24.8 Å². The number of aryl methyl sites for hydroxylation is 1. The zero-order valence-electron chi connectivity index (χ0n) is 13.1. The molecule has 1 aromatic heterocycles. The van der Waals surface area contributed by atoms with Crippen molar-refractivity contribution in [3.8, 4) is 0 Å². The number of amides is 1. The first-order valence-corrected chi connectivity index (χ1v) is 7.70. The molecular weight excluding hydrogens is 250 g/mol. The summed E-state index contributed by atoms with van der Waals surface area (Å²) in [7, 11) is 0. The van der Waals surface area contributed by atoms with E-state index in [4.69, 9.17) is 5.73 Å². The van der Waals surface area contributed by atoms with Crippen LogP contribution in [0.3, 0.4) is 0 Å². The Morgan fingerprint density at radius 1 is 1.45 bits per heavy atom. The van der Waals surface area contributed by atoms with Crippen LogP contribution in [0.15, 0.2) is 6.07 Å². The van der Waals surface area contributed by atoms with E-state index in [9.17, 15) is 4.79 Å². The lowest BCUT2D eigenvalue weighted by Gasteiger charge is -2.38. The Morgan fingerprint density at radius 3 is 2.70 bits per heavy atom. The van der Waals surface area contributed by atoms with E-state index < -0.39 is 0 Å². The quantitative estimate of drug-likeness (QED) is 0.922. The molecule has 0 saturated carbocycles. The predicted octanol–water partition coefficient (Wildman–Crippen LogP) is 2.47. The smallest absolute Gasteiger partial charge is 0.255 e. The molecule has 1 amide bonds. The van der Waals surface area contributed by atoms with E-state index in [0.29, 0.717) is 0 Å². The van der Waals surface area contributed by atoms with Gasteiger partial charge in [0.1, 0.15) is 0 Å². The van der Waals surface area contributed by atoms with Gasteiger partial charge in [0.15, 0.2) is 0 Å². The molecule has 4 heteroatoms. The molecule has 0 aromatic carbocycles. The van der Waals surface area contributed by atoms with Crippen LogP contribution < -0.4 is 5.73 Å². The Labute approximate surface area is 121 Å². The van der Waals surface area contributed by atoms with Crippen LogP contribution in [0, 0.1) is 13.8 Å². The van der Waals surface area contributed by atoms with Crippen molar-refractivity contribution in [1.29, 1.82) is 0 Å². The highest BCUT2D eigenvalue weighted by atomic mass is 16.2. The lowest BCUT2D eigenvalue weighted by atomic mass is 9.96. The first-order chi connectivity index (χ1) is 9.47. The summed E-state index contributed by atoms with van der Waals surface area (Å²) in [4.78, 5) is 14.9. The topological polar surface area (TPSA) is 51.3 Å². The molecule has 2 atom stereocenters. The Morgan fingerprint density at radius 2 is 2.15 bits per heavy atom. The third kappa shape index (κ3) is 2.62. The zero-order chi connectivity index (χ0) is 14.9. The van der Waals surface area contributed by atoms with Crippen molar-refractivity contribution in [3.05, 3.63) is 23.0 Å². The molecule has 2 heterocycles. The van der Waals surface area contributed by atoms with Crippen LogP contribution >= 0.6 is 0 Å². The SMILES string of the molecule is CCn1c(C)cc(C(=O)N2CCCCC2C(C)N)c1C. The normalized spacial score (nSPS) is 21.1. The number of nitrogens with two attached hydrogens (primary N) is 1. The van der Waals surface area contributed by atoms with Gasteiger partial charge in [-0.1, -0.05) is 0 Å². The predicted molar refractivity (Wildman–Crippen MR) is 81.9 cm³/mol. The van der Waals surface area contributed by atoms with Gasteiger partial charge in [-0.3, -0.25) is 4.79 Å². The maximum absolute atomic E-state index is 12.9. The molecule has 1 aliphatic rings. The molecule has 0 radical (unpaired) electrons. The van der Waals surface area contributed by atoms with Crippen molar-refractivity contribution in [2.45, 2.75) is 65.6 Å². The van der Waals surface area contributed by atoms with Crippen LogP contribution in [0.25, 0.3) is 0 Å². The molecule has 20 heavy (non-hydrogen) atoms. The number of hydrogen-bond donors (Lipinski definition) is 1. The Hall–Kier alpha value is -1.29. The zero-order valence-corrected chi connectivity index (χ0v) is 13.1. The van der Waals surface area contributed by atoms with Gasteiger partial charge in [-0.15, -0.1) is 0 Å². The van der Waals surface area contributed by atoms with Crippen molar-refractivity contribution < 1.29 is 4.79 Å². The second-order valence-electron chi connectivity index (χ2n) is 5.95. The fourth-order valence-corrected chi connectivity index (χ4v) is 3.42. The Bertz CT molecular complexity index is 490. The summed E-state index contributed by atoms with van der Waals surface area (Å²) in [5, 5.41) is 0. The van der Waals surface area contributed by atoms with E-state index in [1.54, 1.807) is 0 Å². The van der Waals surface area contributed by atoms with Gasteiger partial charge in [0.25, 0.3) is 5.91 Å². The summed E-state index contributed by atoms with van der Waals surface area (Å²) in [6, 6.07) is 2.24. The van der Waals surface area contributed by atoms with Crippen LogP contribution in [-0.4, -0.2) is 34.0 Å². The number of hydrogen-bond acceptors (Lipinski definition) is 2. The molecule has 1 saturated heterocycles. The number of carbonyl (C=O) groups excluding carboxylic acids is 1. The van der Waals surface area contributed by atoms with Crippen LogP contribution in [0.5, 0.6) is 0 Å². The number of piperidine rings is 1. The third-order valence-corrected chi connectivity index (χ3v) is 4.54. The number of likely N-dealkylation sites (tertiary alicyclic amines) is 1. The van der Waals surface area contributed by atoms with Gasteiger partial charge in [-0.25, -0.2) is 0 Å². The van der Waals surface area contributed by atoms with Crippen molar-refractivity contribution in [3.63, 3.8) is 0 Å². The lowest BCUT2D eigenvalue weighted by molar-refractivity contribution is 0.0583. The highest BCUT2D eigenvalue weighted by molar-refractivity contribution is 5.96. The number of rotatable bonds is 3. The summed E-state index contributed by atoms with van der Waals surface area (Å²) in [5.41, 5.74) is 9.15. The van der Waals surface area contributed by atoms with Gasteiger partial charge in [0, 0.05) is 36.6 Å². The maximum atomic E-state index is 12.9. The van der Waals surface area contributed by atoms with Crippen molar-refractivity contribution in [1.82, 2.24) is 9.47 Å². The van der Waals surface area contributed by atoms with Crippen molar-refractivity contribution in [2.24, 2.45) is 5.73 Å². The molecule has 0 bridgehead atoms. The van der Waals surface area contributed by atoms with Gasteiger partial charge in [-0.05, 0) is 53.0 Å². The van der Waals surface area contributed by atoms with Crippen LogP contribution in [-0.2, 0) is 6.54 Å². The third-order valence-electron chi connectivity index (χ3n) is 4.54. The standard InChI is InChI=1S/C16H27N3O/c1-5-18-11(2)10-14(13(18)4)16(20)19-9-7-6-8-15(19)12(3)17/h10,12,15H,5-9,17H2,1-4H3.